The van der Waals surface area contributed by atoms with Crippen LogP contribution in [0.25, 0.3) is 11.0 Å². The predicted molar refractivity (Wildman–Crippen MR) is 110 cm³/mol. The zero-order valence-electron chi connectivity index (χ0n) is 16.2. The van der Waals surface area contributed by atoms with Gasteiger partial charge in [-0.1, -0.05) is 40.2 Å². The number of carboxylic acid groups (broad SMARTS) is 1. The first-order valence-electron chi connectivity index (χ1n) is 9.08. The van der Waals surface area contributed by atoms with Gasteiger partial charge in [-0.3, -0.25) is 9.69 Å². The molecule has 0 bridgehead atoms. The number of benzene rings is 2. The molecule has 3 N–H and O–H groups in total. The van der Waals surface area contributed by atoms with Crippen molar-refractivity contribution < 1.29 is 27.9 Å². The first-order chi connectivity index (χ1) is 14.6. The fourth-order valence-electron chi connectivity index (χ4n) is 3.25. The van der Waals surface area contributed by atoms with Gasteiger partial charge in [0.15, 0.2) is 5.82 Å². The molecule has 0 saturated heterocycles. The number of aliphatic carboxylic acids is 1. The lowest BCUT2D eigenvalue weighted by Crippen LogP contribution is -2.33. The summed E-state index contributed by atoms with van der Waals surface area (Å²) >= 11 is 3.42. The molecule has 1 aliphatic rings. The number of rotatable bonds is 3. The smallest absolute Gasteiger partial charge is 0.475 e. The number of fused-ring (bicyclic) bond motifs is 2. The van der Waals surface area contributed by atoms with E-state index in [0.29, 0.717) is 12.4 Å². The predicted octanol–water partition coefficient (Wildman–Crippen LogP) is 3.88. The van der Waals surface area contributed by atoms with Crippen molar-refractivity contribution in [2.45, 2.75) is 18.8 Å². The van der Waals surface area contributed by atoms with E-state index in [0.717, 1.165) is 22.1 Å². The van der Waals surface area contributed by atoms with Crippen LogP contribution in [0.15, 0.2) is 46.9 Å². The van der Waals surface area contributed by atoms with Crippen molar-refractivity contribution in [3.05, 3.63) is 63.9 Å². The van der Waals surface area contributed by atoms with Crippen molar-refractivity contribution in [3.63, 3.8) is 0 Å². The fourth-order valence-corrected chi connectivity index (χ4v) is 3.61. The van der Waals surface area contributed by atoms with Gasteiger partial charge in [0.05, 0.1) is 17.1 Å². The molecule has 0 radical (unpaired) electrons. The Kier molecular flexibility index (Phi) is 6.65. The molecular formula is C20H18BrF3N4O3. The van der Waals surface area contributed by atoms with Gasteiger partial charge in [-0.05, 0) is 36.4 Å². The fraction of sp³-hybridized carbons (Fsp3) is 0.250. The Labute approximate surface area is 183 Å². The lowest BCUT2D eigenvalue weighted by molar-refractivity contribution is -0.192. The van der Waals surface area contributed by atoms with Gasteiger partial charge in [0.1, 0.15) is 0 Å². The molecule has 0 aliphatic carbocycles. The number of hydrogen-bond donors (Lipinski definition) is 3. The molecule has 11 heteroatoms. The van der Waals surface area contributed by atoms with Gasteiger partial charge in [0, 0.05) is 17.6 Å². The van der Waals surface area contributed by atoms with Crippen LogP contribution in [0.3, 0.4) is 0 Å². The number of likely N-dealkylation sites (N-methyl/N-ethyl adjacent to an activating group) is 1. The van der Waals surface area contributed by atoms with Crippen molar-refractivity contribution >= 4 is 38.8 Å². The van der Waals surface area contributed by atoms with Crippen molar-refractivity contribution in [2.24, 2.45) is 0 Å². The molecule has 2 aromatic carbocycles. The minimum Gasteiger partial charge on any atom is -0.475 e. The molecule has 1 unspecified atom stereocenters. The van der Waals surface area contributed by atoms with Gasteiger partial charge in [0.2, 0.25) is 0 Å². The third-order valence-corrected chi connectivity index (χ3v) is 5.22. The number of aromatic amines is 1. The maximum atomic E-state index is 12.4. The molecule has 4 rings (SSSR count). The Morgan fingerprint density at radius 3 is 2.65 bits per heavy atom. The van der Waals surface area contributed by atoms with Crippen LogP contribution in [0.5, 0.6) is 0 Å². The second-order valence-electron chi connectivity index (χ2n) is 6.89. The van der Waals surface area contributed by atoms with E-state index in [4.69, 9.17) is 9.90 Å². The first kappa shape index (κ1) is 22.8. The average molecular weight is 499 g/mol. The van der Waals surface area contributed by atoms with E-state index in [1.54, 1.807) is 0 Å². The highest BCUT2D eigenvalue weighted by atomic mass is 79.9. The third-order valence-electron chi connectivity index (χ3n) is 4.72. The van der Waals surface area contributed by atoms with Crippen LogP contribution in [0.2, 0.25) is 0 Å². The zero-order chi connectivity index (χ0) is 22.8. The van der Waals surface area contributed by atoms with Crippen LogP contribution in [0, 0.1) is 0 Å². The van der Waals surface area contributed by atoms with Crippen molar-refractivity contribution in [1.29, 1.82) is 0 Å². The second-order valence-corrected chi connectivity index (χ2v) is 7.81. The lowest BCUT2D eigenvalue weighted by Gasteiger charge is -2.20. The Morgan fingerprint density at radius 2 is 1.97 bits per heavy atom. The Morgan fingerprint density at radius 1 is 1.29 bits per heavy atom. The van der Waals surface area contributed by atoms with Crippen molar-refractivity contribution in [3.8, 4) is 0 Å². The van der Waals surface area contributed by atoms with E-state index in [9.17, 15) is 18.0 Å². The second kappa shape index (κ2) is 9.06. The van der Waals surface area contributed by atoms with E-state index >= 15 is 0 Å². The Balaban J connectivity index is 0.000000339. The number of carboxylic acids is 1. The van der Waals surface area contributed by atoms with Gasteiger partial charge in [-0.25, -0.2) is 9.78 Å². The number of nitrogens with one attached hydrogen (secondary N) is 2. The maximum Gasteiger partial charge on any atom is 0.490 e. The molecule has 164 valence electrons. The number of halogens is 4. The standard InChI is InChI=1S/C18H17BrN4O.C2HF3O2/c1-23-10-11-4-2-3-5-13(11)16(23)9-20-18(24)17-21-14-7-6-12(19)8-15(14)22-17;3-2(4,5)1(6)7/h2-8,16H,9-10H2,1H3,(H,20,24)(H,21,22);(H,6,7). The summed E-state index contributed by atoms with van der Waals surface area (Å²) in [5.74, 6) is -2.59. The van der Waals surface area contributed by atoms with Gasteiger partial charge in [-0.2, -0.15) is 13.2 Å². The van der Waals surface area contributed by atoms with E-state index in [-0.39, 0.29) is 11.9 Å². The zero-order valence-corrected chi connectivity index (χ0v) is 17.8. The van der Waals surface area contributed by atoms with Crippen LogP contribution in [0.1, 0.15) is 27.8 Å². The van der Waals surface area contributed by atoms with Crippen LogP contribution in [-0.2, 0) is 11.3 Å². The highest BCUT2D eigenvalue weighted by molar-refractivity contribution is 9.10. The SMILES string of the molecule is CN1Cc2ccccc2C1CNC(=O)c1nc2ccc(Br)cc2[nH]1.O=C(O)C(F)(F)F. The normalized spacial score (nSPS) is 15.8. The van der Waals surface area contributed by atoms with Gasteiger partial charge in [0.25, 0.3) is 5.91 Å². The number of carbonyl (C=O) groups excluding carboxylic acids is 1. The van der Waals surface area contributed by atoms with Gasteiger partial charge < -0.3 is 15.4 Å². The maximum absolute atomic E-state index is 12.4. The monoisotopic (exact) mass is 498 g/mol. The number of amides is 1. The summed E-state index contributed by atoms with van der Waals surface area (Å²) in [4.78, 5) is 31.0. The molecule has 31 heavy (non-hydrogen) atoms. The van der Waals surface area contributed by atoms with Crippen molar-refractivity contribution in [1.82, 2.24) is 20.2 Å². The largest absolute Gasteiger partial charge is 0.490 e. The van der Waals surface area contributed by atoms with Crippen molar-refractivity contribution in [2.75, 3.05) is 13.6 Å². The summed E-state index contributed by atoms with van der Waals surface area (Å²) in [5.41, 5.74) is 4.24. The molecule has 1 aliphatic heterocycles. The summed E-state index contributed by atoms with van der Waals surface area (Å²) in [5, 5.41) is 10.1. The third kappa shape index (κ3) is 5.42. The summed E-state index contributed by atoms with van der Waals surface area (Å²) < 4.78 is 32.7. The summed E-state index contributed by atoms with van der Waals surface area (Å²) in [6.45, 7) is 1.47. The number of H-pyrrole nitrogens is 1. The Hall–Kier alpha value is -2.92. The lowest BCUT2D eigenvalue weighted by atomic mass is 10.1. The molecular weight excluding hydrogens is 481 g/mol. The van der Waals surface area contributed by atoms with E-state index in [2.05, 4.69) is 61.4 Å². The molecule has 1 amide bonds. The molecule has 0 saturated carbocycles. The van der Waals surface area contributed by atoms with Gasteiger partial charge in [-0.15, -0.1) is 0 Å². The molecule has 1 atom stereocenters. The van der Waals surface area contributed by atoms with Crippen LogP contribution in [0.4, 0.5) is 13.2 Å². The highest BCUT2D eigenvalue weighted by Gasteiger charge is 2.38. The summed E-state index contributed by atoms with van der Waals surface area (Å²) in [6, 6.07) is 14.3. The van der Waals surface area contributed by atoms with Crippen LogP contribution < -0.4 is 5.32 Å². The molecule has 2 heterocycles. The number of nitrogens with zero attached hydrogens (tertiary/aromatic N) is 2. The number of imidazole rings is 1. The van der Waals surface area contributed by atoms with E-state index < -0.39 is 12.1 Å². The molecule has 0 spiro atoms. The van der Waals surface area contributed by atoms with Gasteiger partial charge >= 0.3 is 12.1 Å². The summed E-state index contributed by atoms with van der Waals surface area (Å²) in [7, 11) is 2.08. The number of alkyl halides is 3. The van der Waals surface area contributed by atoms with E-state index in [1.807, 2.05) is 24.3 Å². The number of hydrogen-bond acceptors (Lipinski definition) is 4. The molecule has 1 aromatic heterocycles. The highest BCUT2D eigenvalue weighted by Crippen LogP contribution is 2.31. The topological polar surface area (TPSA) is 98.3 Å². The molecule has 7 nitrogen and oxygen atoms in total. The minimum atomic E-state index is -5.08. The minimum absolute atomic E-state index is 0.180. The molecule has 3 aromatic rings. The number of carbonyl (C=O) groups is 2. The molecule has 0 fully saturated rings. The van der Waals surface area contributed by atoms with Crippen LogP contribution >= 0.6 is 15.9 Å². The first-order valence-corrected chi connectivity index (χ1v) is 9.87. The van der Waals surface area contributed by atoms with E-state index in [1.165, 1.54) is 11.1 Å². The average Bonchev–Trinajstić information content (AvgIpc) is 3.25. The Bertz CT molecular complexity index is 1120. The quantitative estimate of drug-likeness (QED) is 0.509. The van der Waals surface area contributed by atoms with Crippen LogP contribution in [-0.4, -0.2) is 51.6 Å². The number of aromatic nitrogens is 2. The summed E-state index contributed by atoms with van der Waals surface area (Å²) in [6.07, 6.45) is -5.08.